The zero-order valence-electron chi connectivity index (χ0n) is 13.4. The van der Waals surface area contributed by atoms with Crippen LogP contribution in [0.5, 0.6) is 0 Å². The van der Waals surface area contributed by atoms with Crippen LogP contribution in [-0.2, 0) is 7.05 Å². The number of carbonyl (C=O) groups is 1. The summed E-state index contributed by atoms with van der Waals surface area (Å²) < 4.78 is 1.68. The summed E-state index contributed by atoms with van der Waals surface area (Å²) in [5.74, 6) is 0.596. The fourth-order valence-electron chi connectivity index (χ4n) is 2.84. The Kier molecular flexibility index (Phi) is 5.36. The molecule has 0 spiro atoms. The molecule has 2 N–H and O–H groups in total. The summed E-state index contributed by atoms with van der Waals surface area (Å²) in [6.45, 7) is 9.38. The lowest BCUT2D eigenvalue weighted by Crippen LogP contribution is -2.37. The van der Waals surface area contributed by atoms with Gasteiger partial charge in [-0.1, -0.05) is 6.92 Å². The average molecular weight is 293 g/mol. The van der Waals surface area contributed by atoms with Gasteiger partial charge in [0.05, 0.1) is 5.69 Å². The Labute approximate surface area is 126 Å². The molecule has 0 radical (unpaired) electrons. The third kappa shape index (κ3) is 4.04. The van der Waals surface area contributed by atoms with Crippen molar-refractivity contribution in [3.8, 4) is 0 Å². The van der Waals surface area contributed by atoms with Crippen molar-refractivity contribution in [2.45, 2.75) is 20.3 Å². The van der Waals surface area contributed by atoms with Crippen LogP contribution in [0.15, 0.2) is 6.07 Å². The molecule has 1 unspecified atom stereocenters. The lowest BCUT2D eigenvalue weighted by atomic mass is 10.1. The third-order valence-electron chi connectivity index (χ3n) is 4.07. The summed E-state index contributed by atoms with van der Waals surface area (Å²) in [6.07, 6.45) is 1.01. The molecule has 1 atom stereocenters. The van der Waals surface area contributed by atoms with Crippen LogP contribution in [-0.4, -0.2) is 64.8 Å². The molecule has 1 aliphatic heterocycles. The van der Waals surface area contributed by atoms with Gasteiger partial charge in [0, 0.05) is 33.2 Å². The van der Waals surface area contributed by atoms with Gasteiger partial charge in [0.1, 0.15) is 5.69 Å². The third-order valence-corrected chi connectivity index (χ3v) is 4.07. The van der Waals surface area contributed by atoms with E-state index in [9.17, 15) is 4.79 Å². The molecule has 1 aromatic heterocycles. The van der Waals surface area contributed by atoms with E-state index in [4.69, 9.17) is 5.73 Å². The van der Waals surface area contributed by atoms with Gasteiger partial charge in [-0.3, -0.25) is 9.48 Å². The van der Waals surface area contributed by atoms with Crippen LogP contribution < -0.4 is 5.73 Å². The molecule has 0 aliphatic carbocycles. The summed E-state index contributed by atoms with van der Waals surface area (Å²) in [6, 6.07) is 1.86. The predicted molar refractivity (Wildman–Crippen MR) is 83.1 cm³/mol. The molecule has 0 saturated carbocycles. The van der Waals surface area contributed by atoms with Crippen molar-refractivity contribution in [3.05, 3.63) is 17.5 Å². The van der Waals surface area contributed by atoms with Crippen molar-refractivity contribution in [2.75, 3.05) is 39.3 Å². The number of aryl methyl sites for hydroxylation is 2. The summed E-state index contributed by atoms with van der Waals surface area (Å²) in [7, 11) is 1.83. The maximum Gasteiger partial charge on any atom is 0.272 e. The number of carbonyl (C=O) groups excluding carboxylic acids is 1. The Morgan fingerprint density at radius 3 is 2.76 bits per heavy atom. The first-order valence-corrected chi connectivity index (χ1v) is 7.73. The van der Waals surface area contributed by atoms with Gasteiger partial charge >= 0.3 is 0 Å². The fourth-order valence-corrected chi connectivity index (χ4v) is 2.84. The van der Waals surface area contributed by atoms with E-state index in [0.29, 0.717) is 18.2 Å². The van der Waals surface area contributed by atoms with E-state index in [-0.39, 0.29) is 5.91 Å². The Morgan fingerprint density at radius 1 is 1.38 bits per heavy atom. The molecule has 2 rings (SSSR count). The molecular formula is C15H27N5O. The second-order valence-electron chi connectivity index (χ2n) is 6.08. The van der Waals surface area contributed by atoms with Gasteiger partial charge in [0.2, 0.25) is 0 Å². The molecule has 1 aromatic rings. The first-order valence-electron chi connectivity index (χ1n) is 7.73. The Morgan fingerprint density at radius 2 is 2.14 bits per heavy atom. The molecule has 118 valence electrons. The first-order chi connectivity index (χ1) is 10.0. The van der Waals surface area contributed by atoms with Crippen LogP contribution in [0.3, 0.4) is 0 Å². The first kappa shape index (κ1) is 16.0. The molecule has 1 saturated heterocycles. The highest BCUT2D eigenvalue weighted by molar-refractivity contribution is 5.92. The maximum atomic E-state index is 12.6. The van der Waals surface area contributed by atoms with E-state index in [1.165, 1.54) is 0 Å². The standard InChI is InChI=1S/C15H27N5O/c1-12(10-16)11-19-5-4-6-20(8-7-19)15(21)14-9-13(2)17-18(14)3/h9,12H,4-8,10-11,16H2,1-3H3. The van der Waals surface area contributed by atoms with Gasteiger partial charge in [-0.15, -0.1) is 0 Å². The number of hydrogen-bond acceptors (Lipinski definition) is 4. The van der Waals surface area contributed by atoms with Crippen molar-refractivity contribution < 1.29 is 4.79 Å². The van der Waals surface area contributed by atoms with Gasteiger partial charge in [0.15, 0.2) is 0 Å². The molecule has 1 fully saturated rings. The monoisotopic (exact) mass is 293 g/mol. The van der Waals surface area contributed by atoms with Crippen LogP contribution in [0.1, 0.15) is 29.5 Å². The lowest BCUT2D eigenvalue weighted by Gasteiger charge is -2.24. The van der Waals surface area contributed by atoms with Gasteiger partial charge in [-0.05, 0) is 38.4 Å². The zero-order chi connectivity index (χ0) is 15.4. The summed E-state index contributed by atoms with van der Waals surface area (Å²) in [5.41, 5.74) is 7.26. The van der Waals surface area contributed by atoms with Crippen molar-refractivity contribution >= 4 is 5.91 Å². The molecule has 6 nitrogen and oxygen atoms in total. The van der Waals surface area contributed by atoms with Gasteiger partial charge in [-0.25, -0.2) is 0 Å². The summed E-state index contributed by atoms with van der Waals surface area (Å²) in [4.78, 5) is 17.0. The number of hydrogen-bond donors (Lipinski definition) is 1. The quantitative estimate of drug-likeness (QED) is 0.876. The van der Waals surface area contributed by atoms with E-state index in [2.05, 4.69) is 16.9 Å². The minimum atomic E-state index is 0.0897. The maximum absolute atomic E-state index is 12.6. The Balaban J connectivity index is 1.96. The van der Waals surface area contributed by atoms with Gasteiger partial charge in [0.25, 0.3) is 5.91 Å². The molecule has 2 heterocycles. The summed E-state index contributed by atoms with van der Waals surface area (Å²) in [5, 5.41) is 4.26. The molecular weight excluding hydrogens is 266 g/mol. The van der Waals surface area contributed by atoms with Crippen LogP contribution in [0, 0.1) is 12.8 Å². The van der Waals surface area contributed by atoms with Crippen LogP contribution in [0.25, 0.3) is 0 Å². The Bertz CT molecular complexity index is 484. The SMILES string of the molecule is Cc1cc(C(=O)N2CCCN(CC(C)CN)CC2)n(C)n1. The lowest BCUT2D eigenvalue weighted by molar-refractivity contribution is 0.0749. The number of nitrogens with zero attached hydrogens (tertiary/aromatic N) is 4. The molecule has 1 aliphatic rings. The van der Waals surface area contributed by atoms with Crippen LogP contribution in [0.4, 0.5) is 0 Å². The van der Waals surface area contributed by atoms with Crippen LogP contribution >= 0.6 is 0 Å². The van der Waals surface area contributed by atoms with Crippen molar-refractivity contribution in [1.29, 1.82) is 0 Å². The van der Waals surface area contributed by atoms with Crippen molar-refractivity contribution in [1.82, 2.24) is 19.6 Å². The number of amides is 1. The van der Waals surface area contributed by atoms with Gasteiger partial charge < -0.3 is 15.5 Å². The van der Waals surface area contributed by atoms with Crippen LogP contribution in [0.2, 0.25) is 0 Å². The number of aromatic nitrogens is 2. The number of rotatable bonds is 4. The zero-order valence-corrected chi connectivity index (χ0v) is 13.4. The van der Waals surface area contributed by atoms with E-state index < -0.39 is 0 Å². The molecule has 6 heteroatoms. The second-order valence-corrected chi connectivity index (χ2v) is 6.08. The smallest absolute Gasteiger partial charge is 0.272 e. The Hall–Kier alpha value is -1.40. The largest absolute Gasteiger partial charge is 0.336 e. The highest BCUT2D eigenvalue weighted by Gasteiger charge is 2.23. The molecule has 21 heavy (non-hydrogen) atoms. The van der Waals surface area contributed by atoms with E-state index in [1.807, 2.05) is 24.9 Å². The van der Waals surface area contributed by atoms with E-state index in [0.717, 1.165) is 44.8 Å². The highest BCUT2D eigenvalue weighted by Crippen LogP contribution is 2.11. The van der Waals surface area contributed by atoms with Crippen molar-refractivity contribution in [2.24, 2.45) is 18.7 Å². The predicted octanol–water partition coefficient (Wildman–Crippen LogP) is 0.471. The topological polar surface area (TPSA) is 67.4 Å². The minimum absolute atomic E-state index is 0.0897. The molecule has 0 aromatic carbocycles. The minimum Gasteiger partial charge on any atom is -0.336 e. The van der Waals surface area contributed by atoms with E-state index in [1.54, 1.807) is 4.68 Å². The van der Waals surface area contributed by atoms with E-state index >= 15 is 0 Å². The van der Waals surface area contributed by atoms with Gasteiger partial charge in [-0.2, -0.15) is 5.10 Å². The normalized spacial score (nSPS) is 18.6. The number of nitrogens with two attached hydrogens (primary N) is 1. The second kappa shape index (κ2) is 7.04. The van der Waals surface area contributed by atoms with Crippen molar-refractivity contribution in [3.63, 3.8) is 0 Å². The molecule has 0 bridgehead atoms. The fraction of sp³-hybridized carbons (Fsp3) is 0.733. The average Bonchev–Trinajstić information content (AvgIpc) is 2.65. The molecule has 1 amide bonds. The highest BCUT2D eigenvalue weighted by atomic mass is 16.2. The summed E-state index contributed by atoms with van der Waals surface area (Å²) >= 11 is 0.